The number of hydrogen-bond acceptors (Lipinski definition) is 7. The topological polar surface area (TPSA) is 77.4 Å². The molecule has 1 saturated heterocycles. The van der Waals surface area contributed by atoms with Gasteiger partial charge in [-0.1, -0.05) is 12.1 Å². The van der Waals surface area contributed by atoms with Gasteiger partial charge >= 0.3 is 12.1 Å². The molecule has 0 aromatic heterocycles. The van der Waals surface area contributed by atoms with E-state index in [-0.39, 0.29) is 22.3 Å². The summed E-state index contributed by atoms with van der Waals surface area (Å²) in [5, 5.41) is 0.153. The van der Waals surface area contributed by atoms with Crippen LogP contribution in [-0.2, 0) is 26.9 Å². The average molecular weight is 494 g/mol. The van der Waals surface area contributed by atoms with Gasteiger partial charge in [0, 0.05) is 12.6 Å². The van der Waals surface area contributed by atoms with Gasteiger partial charge in [0.05, 0.1) is 37.5 Å². The molecule has 0 saturated carbocycles. The molecule has 0 spiro atoms. The third-order valence-electron chi connectivity index (χ3n) is 4.81. The van der Waals surface area contributed by atoms with Gasteiger partial charge in [0.25, 0.3) is 5.91 Å². The molecule has 0 bridgehead atoms. The molecule has 34 heavy (non-hydrogen) atoms. The van der Waals surface area contributed by atoms with Gasteiger partial charge in [0.2, 0.25) is 0 Å². The maximum atomic E-state index is 13.1. The van der Waals surface area contributed by atoms with Crippen LogP contribution < -0.4 is 9.47 Å². The van der Waals surface area contributed by atoms with Crippen LogP contribution in [0.3, 0.4) is 0 Å². The fourth-order valence-corrected chi connectivity index (χ4v) is 4.08. The van der Waals surface area contributed by atoms with Crippen molar-refractivity contribution in [3.05, 3.63) is 64.6 Å². The minimum atomic E-state index is -4.53. The van der Waals surface area contributed by atoms with Gasteiger partial charge in [0.1, 0.15) is 0 Å². The summed E-state index contributed by atoms with van der Waals surface area (Å²) in [7, 11) is 4.20. The maximum Gasteiger partial charge on any atom is 0.416 e. The van der Waals surface area contributed by atoms with E-state index in [0.717, 1.165) is 35.5 Å². The molecule has 0 radical (unpaired) electrons. The molecule has 3 rings (SSSR count). The van der Waals surface area contributed by atoms with Crippen molar-refractivity contribution in [1.29, 1.82) is 0 Å². The molecule has 0 aliphatic carbocycles. The fourth-order valence-electron chi connectivity index (χ4n) is 3.09. The smallest absolute Gasteiger partial charge is 0.416 e. The predicted octanol–water partition coefficient (Wildman–Crippen LogP) is 4.59. The molecule has 7 nitrogen and oxygen atoms in total. The minimum Gasteiger partial charge on any atom is -0.493 e. The minimum absolute atomic E-state index is 0.0283. The first-order valence-electron chi connectivity index (χ1n) is 9.92. The number of carbonyl (C=O) groups is 2. The van der Waals surface area contributed by atoms with Gasteiger partial charge in [-0.25, -0.2) is 9.79 Å². The standard InChI is InChI=1S/C23H21F3N2O5S/c1-31-17-8-7-14(11-18(17)32-2)9-10-28-21(30)19(13-20(29)33-3)34-22(28)27-16-6-4-5-15(12-16)23(24,25)26/h4-8,11-13H,9-10H2,1-3H3/b19-13+,27-22?. The van der Waals surface area contributed by atoms with Gasteiger partial charge < -0.3 is 14.2 Å². The van der Waals surface area contributed by atoms with Crippen LogP contribution in [0.4, 0.5) is 18.9 Å². The molecule has 2 aromatic rings. The summed E-state index contributed by atoms with van der Waals surface area (Å²) < 4.78 is 54.4. The molecular formula is C23H21F3N2O5S. The number of benzene rings is 2. The van der Waals surface area contributed by atoms with E-state index in [9.17, 15) is 22.8 Å². The zero-order chi connectivity index (χ0) is 24.9. The van der Waals surface area contributed by atoms with Crippen LogP contribution in [0.25, 0.3) is 0 Å². The molecule has 1 fully saturated rings. The molecule has 1 aliphatic rings. The van der Waals surface area contributed by atoms with Crippen LogP contribution in [0.2, 0.25) is 0 Å². The number of carbonyl (C=O) groups excluding carboxylic acids is 2. The summed E-state index contributed by atoms with van der Waals surface area (Å²) in [6, 6.07) is 9.78. The Hall–Kier alpha value is -3.47. The molecule has 0 unspecified atom stereocenters. The summed E-state index contributed by atoms with van der Waals surface area (Å²) in [5.41, 5.74) is 0.00528. The van der Waals surface area contributed by atoms with E-state index >= 15 is 0 Å². The summed E-state index contributed by atoms with van der Waals surface area (Å²) in [4.78, 5) is 30.3. The third kappa shape index (κ3) is 5.90. The molecule has 1 amide bonds. The molecule has 11 heteroatoms. The molecule has 0 atom stereocenters. The van der Waals surface area contributed by atoms with E-state index in [1.54, 1.807) is 12.1 Å². The zero-order valence-corrected chi connectivity index (χ0v) is 19.3. The van der Waals surface area contributed by atoms with E-state index in [4.69, 9.17) is 9.47 Å². The number of ether oxygens (including phenoxy) is 3. The van der Waals surface area contributed by atoms with Gasteiger partial charge in [-0.05, 0) is 54.1 Å². The first-order chi connectivity index (χ1) is 16.2. The highest BCUT2D eigenvalue weighted by atomic mass is 32.2. The van der Waals surface area contributed by atoms with E-state index in [1.807, 2.05) is 6.07 Å². The number of amides is 1. The highest BCUT2D eigenvalue weighted by Gasteiger charge is 2.34. The lowest BCUT2D eigenvalue weighted by Gasteiger charge is -2.16. The largest absolute Gasteiger partial charge is 0.493 e. The number of nitrogens with zero attached hydrogens (tertiary/aromatic N) is 2. The lowest BCUT2D eigenvalue weighted by atomic mass is 10.1. The second kappa shape index (κ2) is 10.6. The summed E-state index contributed by atoms with van der Waals surface area (Å²) in [6.07, 6.45) is -3.11. The van der Waals surface area contributed by atoms with Crippen LogP contribution in [-0.4, -0.2) is 49.8 Å². The average Bonchev–Trinajstić information content (AvgIpc) is 3.10. The molecule has 180 valence electrons. The molecule has 1 heterocycles. The quantitative estimate of drug-likeness (QED) is 0.414. The molecule has 1 aliphatic heterocycles. The van der Waals surface area contributed by atoms with E-state index in [1.165, 1.54) is 38.4 Å². The van der Waals surface area contributed by atoms with Crippen molar-refractivity contribution in [3.8, 4) is 11.5 Å². The van der Waals surface area contributed by atoms with Crippen molar-refractivity contribution < 1.29 is 37.0 Å². The Bertz CT molecular complexity index is 1150. The van der Waals surface area contributed by atoms with Gasteiger partial charge in [-0.15, -0.1) is 0 Å². The summed E-state index contributed by atoms with van der Waals surface area (Å²) in [5.74, 6) is -0.155. The van der Waals surface area contributed by atoms with Gasteiger partial charge in [0.15, 0.2) is 16.7 Å². The lowest BCUT2D eigenvalue weighted by Crippen LogP contribution is -2.31. The number of halogens is 3. The Kier molecular flexibility index (Phi) is 7.87. The first-order valence-corrected chi connectivity index (χ1v) is 10.7. The Morgan fingerprint density at radius 1 is 1.09 bits per heavy atom. The Balaban J connectivity index is 1.92. The predicted molar refractivity (Wildman–Crippen MR) is 121 cm³/mol. The van der Waals surface area contributed by atoms with Crippen LogP contribution in [0.5, 0.6) is 11.5 Å². The second-order valence-corrected chi connectivity index (χ2v) is 7.98. The number of hydrogen-bond donors (Lipinski definition) is 0. The monoisotopic (exact) mass is 494 g/mol. The normalized spacial score (nSPS) is 16.3. The maximum absolute atomic E-state index is 13.1. The number of alkyl halides is 3. The first kappa shape index (κ1) is 25.2. The van der Waals surface area contributed by atoms with Crippen molar-refractivity contribution in [1.82, 2.24) is 4.90 Å². The van der Waals surface area contributed by atoms with Crippen molar-refractivity contribution in [2.24, 2.45) is 4.99 Å². The van der Waals surface area contributed by atoms with Crippen molar-refractivity contribution >= 4 is 34.5 Å². The molecular weight excluding hydrogens is 473 g/mol. The van der Waals surface area contributed by atoms with E-state index in [0.29, 0.717) is 17.9 Å². The SMILES string of the molecule is COC(=O)/C=C1/SC(=Nc2cccc(C(F)(F)F)c2)N(CCc2ccc(OC)c(OC)c2)C1=O. The van der Waals surface area contributed by atoms with Crippen LogP contribution >= 0.6 is 11.8 Å². The van der Waals surface area contributed by atoms with Gasteiger partial charge in [-0.3, -0.25) is 9.69 Å². The van der Waals surface area contributed by atoms with Crippen molar-refractivity contribution in [3.63, 3.8) is 0 Å². The van der Waals surface area contributed by atoms with Crippen LogP contribution in [0, 0.1) is 0 Å². The highest BCUT2D eigenvalue weighted by Crippen LogP contribution is 2.35. The molecule has 2 aromatic carbocycles. The highest BCUT2D eigenvalue weighted by molar-refractivity contribution is 8.18. The fraction of sp³-hybridized carbons (Fsp3) is 0.261. The summed E-state index contributed by atoms with van der Waals surface area (Å²) >= 11 is 0.888. The second-order valence-electron chi connectivity index (χ2n) is 6.97. The van der Waals surface area contributed by atoms with Crippen molar-refractivity contribution in [2.75, 3.05) is 27.9 Å². The number of thioether (sulfide) groups is 1. The Labute approximate surface area is 198 Å². The number of methoxy groups -OCH3 is 3. The third-order valence-corrected chi connectivity index (χ3v) is 5.82. The van der Waals surface area contributed by atoms with E-state index < -0.39 is 23.6 Å². The van der Waals surface area contributed by atoms with Gasteiger partial charge in [-0.2, -0.15) is 13.2 Å². The number of amidine groups is 1. The zero-order valence-electron chi connectivity index (χ0n) is 18.5. The Morgan fingerprint density at radius 2 is 1.82 bits per heavy atom. The van der Waals surface area contributed by atoms with Crippen LogP contribution in [0.15, 0.2) is 58.4 Å². The lowest BCUT2D eigenvalue weighted by molar-refractivity contribution is -0.137. The number of esters is 1. The van der Waals surface area contributed by atoms with Crippen molar-refractivity contribution in [2.45, 2.75) is 12.6 Å². The number of aliphatic imine (C=N–C) groups is 1. The number of rotatable bonds is 7. The summed E-state index contributed by atoms with van der Waals surface area (Å²) in [6.45, 7) is 0.164. The molecule has 0 N–H and O–H groups in total. The Morgan fingerprint density at radius 3 is 2.47 bits per heavy atom. The van der Waals surface area contributed by atoms with Crippen LogP contribution in [0.1, 0.15) is 11.1 Å². The van der Waals surface area contributed by atoms with E-state index in [2.05, 4.69) is 9.73 Å².